The molecule has 2 aromatic rings. The Morgan fingerprint density at radius 3 is 3.05 bits per heavy atom. The maximum Gasteiger partial charge on any atom is 0.270 e. The van der Waals surface area contributed by atoms with Gasteiger partial charge in [-0.25, -0.2) is 4.98 Å². The van der Waals surface area contributed by atoms with Gasteiger partial charge in [0.05, 0.1) is 11.2 Å². The van der Waals surface area contributed by atoms with Gasteiger partial charge in [-0.15, -0.1) is 11.3 Å². The van der Waals surface area contributed by atoms with Gasteiger partial charge < -0.3 is 10.6 Å². The summed E-state index contributed by atoms with van der Waals surface area (Å²) in [7, 11) is 0. The zero-order valence-electron chi connectivity index (χ0n) is 10.7. The molecule has 0 saturated carbocycles. The number of nitrogen functional groups attached to an aromatic ring is 1. The van der Waals surface area contributed by atoms with Crippen molar-refractivity contribution in [3.8, 4) is 0 Å². The molecule has 1 aliphatic rings. The molecule has 0 spiro atoms. The number of nitrogens with zero attached hydrogens (tertiary/aromatic N) is 2. The quantitative estimate of drug-likeness (QED) is 0.813. The van der Waals surface area contributed by atoms with Gasteiger partial charge in [0.25, 0.3) is 5.91 Å². The van der Waals surface area contributed by atoms with Crippen LogP contribution in [-0.4, -0.2) is 17.4 Å². The van der Waals surface area contributed by atoms with E-state index in [1.54, 1.807) is 5.51 Å². The average Bonchev–Trinajstić information content (AvgIpc) is 2.84. The highest BCUT2D eigenvalue weighted by Crippen LogP contribution is 2.32. The number of carbonyl (C=O) groups excluding carboxylic acids is 1. The van der Waals surface area contributed by atoms with Gasteiger partial charge in [-0.1, -0.05) is 6.07 Å². The van der Waals surface area contributed by atoms with Gasteiger partial charge in [0.1, 0.15) is 4.88 Å². The van der Waals surface area contributed by atoms with Gasteiger partial charge in [-0.05, 0) is 37.5 Å². The minimum atomic E-state index is 0.0338. The summed E-state index contributed by atoms with van der Waals surface area (Å²) in [4.78, 5) is 19.3. The first kappa shape index (κ1) is 12.2. The molecule has 0 atom stereocenters. The third-order valence-electron chi connectivity index (χ3n) is 3.47. The van der Waals surface area contributed by atoms with Crippen molar-refractivity contribution in [3.05, 3.63) is 39.8 Å². The van der Waals surface area contributed by atoms with Crippen LogP contribution in [0.4, 0.5) is 11.4 Å². The van der Waals surface area contributed by atoms with Crippen molar-refractivity contribution in [1.82, 2.24) is 4.98 Å². The Bertz CT molecular complexity index is 635. The normalized spacial score (nSPS) is 14.3. The van der Waals surface area contributed by atoms with Crippen LogP contribution in [-0.2, 0) is 6.42 Å². The van der Waals surface area contributed by atoms with Gasteiger partial charge in [0.15, 0.2) is 0 Å². The molecular formula is C14H15N3OS. The summed E-state index contributed by atoms with van der Waals surface area (Å²) < 4.78 is 0. The van der Waals surface area contributed by atoms with E-state index in [1.807, 2.05) is 30.0 Å². The second-order valence-electron chi connectivity index (χ2n) is 4.67. The van der Waals surface area contributed by atoms with Crippen LogP contribution < -0.4 is 10.6 Å². The Labute approximate surface area is 115 Å². The Balaban J connectivity index is 2.03. The summed E-state index contributed by atoms with van der Waals surface area (Å²) in [6, 6.07) is 5.77. The third-order valence-corrected chi connectivity index (χ3v) is 4.39. The molecule has 1 aromatic carbocycles. The monoisotopic (exact) mass is 273 g/mol. The summed E-state index contributed by atoms with van der Waals surface area (Å²) in [6.45, 7) is 2.61. The highest BCUT2D eigenvalue weighted by Gasteiger charge is 2.26. The number of nitrogens with two attached hydrogens (primary N) is 1. The maximum absolute atomic E-state index is 12.6. The van der Waals surface area contributed by atoms with Crippen LogP contribution in [0.25, 0.3) is 0 Å². The SMILES string of the molecule is Cc1ncsc1C(=O)N1CCCc2c(N)cccc21. The van der Waals surface area contributed by atoms with Crippen molar-refractivity contribution in [1.29, 1.82) is 0 Å². The molecule has 0 radical (unpaired) electrons. The number of fused-ring (bicyclic) bond motifs is 1. The highest BCUT2D eigenvalue weighted by atomic mass is 32.1. The molecule has 1 aliphatic heterocycles. The van der Waals surface area contributed by atoms with Gasteiger partial charge in [-0.2, -0.15) is 0 Å². The minimum Gasteiger partial charge on any atom is -0.398 e. The van der Waals surface area contributed by atoms with Crippen molar-refractivity contribution in [2.75, 3.05) is 17.2 Å². The molecule has 0 unspecified atom stereocenters. The number of benzene rings is 1. The first-order valence-corrected chi connectivity index (χ1v) is 7.16. The van der Waals surface area contributed by atoms with Crippen molar-refractivity contribution in [2.45, 2.75) is 19.8 Å². The molecule has 2 N–H and O–H groups in total. The highest BCUT2D eigenvalue weighted by molar-refractivity contribution is 7.12. The second kappa shape index (κ2) is 4.66. The number of aromatic nitrogens is 1. The number of carbonyl (C=O) groups is 1. The number of hydrogen-bond acceptors (Lipinski definition) is 4. The van der Waals surface area contributed by atoms with Crippen molar-refractivity contribution < 1.29 is 4.79 Å². The fourth-order valence-corrected chi connectivity index (χ4v) is 3.24. The Hall–Kier alpha value is -1.88. The lowest BCUT2D eigenvalue weighted by atomic mass is 9.99. The van der Waals surface area contributed by atoms with E-state index in [0.29, 0.717) is 0 Å². The van der Waals surface area contributed by atoms with E-state index >= 15 is 0 Å². The van der Waals surface area contributed by atoms with Crippen LogP contribution in [0.3, 0.4) is 0 Å². The van der Waals surface area contributed by atoms with E-state index in [0.717, 1.165) is 46.9 Å². The predicted molar refractivity (Wildman–Crippen MR) is 77.7 cm³/mol. The van der Waals surface area contributed by atoms with Gasteiger partial charge in [0, 0.05) is 17.9 Å². The molecule has 2 heterocycles. The van der Waals surface area contributed by atoms with E-state index in [1.165, 1.54) is 11.3 Å². The second-order valence-corrected chi connectivity index (χ2v) is 5.53. The number of aryl methyl sites for hydroxylation is 1. The van der Waals surface area contributed by atoms with Gasteiger partial charge in [-0.3, -0.25) is 4.79 Å². The molecule has 98 valence electrons. The lowest BCUT2D eigenvalue weighted by Gasteiger charge is -2.30. The first-order valence-electron chi connectivity index (χ1n) is 6.28. The lowest BCUT2D eigenvalue weighted by Crippen LogP contribution is -2.35. The smallest absolute Gasteiger partial charge is 0.270 e. The number of anilines is 2. The van der Waals surface area contributed by atoms with E-state index in [2.05, 4.69) is 4.98 Å². The number of rotatable bonds is 1. The molecule has 0 bridgehead atoms. The van der Waals surface area contributed by atoms with Crippen LogP contribution in [0.15, 0.2) is 23.7 Å². The van der Waals surface area contributed by atoms with Crippen molar-refractivity contribution >= 4 is 28.6 Å². The fraction of sp³-hybridized carbons (Fsp3) is 0.286. The van der Waals surface area contributed by atoms with Crippen LogP contribution in [0.2, 0.25) is 0 Å². The number of amides is 1. The summed E-state index contributed by atoms with van der Waals surface area (Å²) in [5.74, 6) is 0.0338. The maximum atomic E-state index is 12.6. The molecule has 3 rings (SSSR count). The summed E-state index contributed by atoms with van der Waals surface area (Å²) in [5, 5.41) is 0. The molecule has 5 heteroatoms. The Morgan fingerprint density at radius 2 is 2.32 bits per heavy atom. The number of thiazole rings is 1. The van der Waals surface area contributed by atoms with Crippen molar-refractivity contribution in [2.24, 2.45) is 0 Å². The van der Waals surface area contributed by atoms with E-state index < -0.39 is 0 Å². The summed E-state index contributed by atoms with van der Waals surface area (Å²) in [5.41, 5.74) is 11.3. The largest absolute Gasteiger partial charge is 0.398 e. The lowest BCUT2D eigenvalue weighted by molar-refractivity contribution is 0.0988. The van der Waals surface area contributed by atoms with E-state index in [4.69, 9.17) is 5.73 Å². The van der Waals surface area contributed by atoms with Crippen LogP contribution in [0.1, 0.15) is 27.3 Å². The molecule has 0 aliphatic carbocycles. The van der Waals surface area contributed by atoms with Gasteiger partial charge in [0.2, 0.25) is 0 Å². The molecule has 1 aromatic heterocycles. The van der Waals surface area contributed by atoms with Crippen LogP contribution in [0.5, 0.6) is 0 Å². The molecule has 4 nitrogen and oxygen atoms in total. The van der Waals surface area contributed by atoms with E-state index in [9.17, 15) is 4.79 Å². The molecule has 19 heavy (non-hydrogen) atoms. The predicted octanol–water partition coefficient (Wildman–Crippen LogP) is 2.63. The van der Waals surface area contributed by atoms with Crippen LogP contribution >= 0.6 is 11.3 Å². The molecule has 1 amide bonds. The Morgan fingerprint density at radius 1 is 1.47 bits per heavy atom. The summed E-state index contributed by atoms with van der Waals surface area (Å²) >= 11 is 1.40. The molecule has 0 saturated heterocycles. The molecular weight excluding hydrogens is 258 g/mol. The zero-order chi connectivity index (χ0) is 13.4. The van der Waals surface area contributed by atoms with E-state index in [-0.39, 0.29) is 5.91 Å². The third kappa shape index (κ3) is 2.00. The van der Waals surface area contributed by atoms with Crippen molar-refractivity contribution in [3.63, 3.8) is 0 Å². The van der Waals surface area contributed by atoms with Gasteiger partial charge >= 0.3 is 0 Å². The minimum absolute atomic E-state index is 0.0338. The first-order chi connectivity index (χ1) is 9.18. The standard InChI is InChI=1S/C14H15N3OS/c1-9-13(19-8-16-9)14(18)17-7-3-4-10-11(15)5-2-6-12(10)17/h2,5-6,8H,3-4,7,15H2,1H3. The Kier molecular flexibility index (Phi) is 2.98. The summed E-state index contributed by atoms with van der Waals surface area (Å²) in [6.07, 6.45) is 1.89. The average molecular weight is 273 g/mol. The zero-order valence-corrected chi connectivity index (χ0v) is 11.5. The fourth-order valence-electron chi connectivity index (χ4n) is 2.49. The van der Waals surface area contributed by atoms with Crippen LogP contribution in [0, 0.1) is 6.92 Å². The number of hydrogen-bond donors (Lipinski definition) is 1. The topological polar surface area (TPSA) is 59.2 Å². The molecule has 0 fully saturated rings.